The Bertz CT molecular complexity index is 959. The molecule has 0 spiro atoms. The number of nitrogen functional groups attached to an aromatic ring is 2. The van der Waals surface area contributed by atoms with Gasteiger partial charge in [-0.2, -0.15) is 0 Å². The van der Waals surface area contributed by atoms with Crippen LogP contribution >= 0.6 is 36.4 Å². The van der Waals surface area contributed by atoms with Gasteiger partial charge in [-0.05, 0) is 43.4 Å². The monoisotopic (exact) mass is 533 g/mol. The fourth-order valence-corrected chi connectivity index (χ4v) is 2.90. The second-order valence-corrected chi connectivity index (χ2v) is 7.40. The summed E-state index contributed by atoms with van der Waals surface area (Å²) in [5.41, 5.74) is 18.2. The smallest absolute Gasteiger partial charge is 0.280 e. The molecule has 0 aliphatic carbocycles. The van der Waals surface area contributed by atoms with Crippen LogP contribution in [0.15, 0.2) is 24.3 Å². The summed E-state index contributed by atoms with van der Waals surface area (Å²) in [7, 11) is 0. The lowest BCUT2D eigenvalue weighted by molar-refractivity contribution is -0.118. The van der Waals surface area contributed by atoms with Crippen molar-refractivity contribution in [1.29, 1.82) is 5.41 Å². The van der Waals surface area contributed by atoms with Crippen LogP contribution in [0.5, 0.6) is 0 Å². The maximum absolute atomic E-state index is 12.2. The lowest BCUT2D eigenvalue weighted by Crippen LogP contribution is -2.41. The van der Waals surface area contributed by atoms with Crippen molar-refractivity contribution in [2.75, 3.05) is 29.9 Å². The molecule has 2 amide bonds. The molecule has 0 aliphatic heterocycles. The van der Waals surface area contributed by atoms with E-state index in [4.69, 9.17) is 34.2 Å². The molecule has 0 saturated carbocycles. The maximum atomic E-state index is 12.2. The summed E-state index contributed by atoms with van der Waals surface area (Å²) in [6.45, 7) is 1.21. The number of unbranched alkanes of at least 4 members (excludes halogenated alkanes) is 1. The summed E-state index contributed by atoms with van der Waals surface area (Å²) in [6.07, 6.45) is 3.68. The van der Waals surface area contributed by atoms with E-state index in [0.717, 1.165) is 24.9 Å². The zero-order chi connectivity index (χ0) is 23.5. The number of halogens is 3. The lowest BCUT2D eigenvalue weighted by Gasteiger charge is -2.10. The first kappa shape index (κ1) is 31.0. The Morgan fingerprint density at radius 1 is 0.971 bits per heavy atom. The topological polar surface area (TPSA) is 198 Å². The van der Waals surface area contributed by atoms with Gasteiger partial charge < -0.3 is 27.8 Å². The molecule has 10 N–H and O–H groups in total. The first-order valence-corrected chi connectivity index (χ1v) is 10.5. The SMILES string of the molecule is Cl.Cl.N=C(NCCCCc1ccc(NCCCC(N)=O)cc1)NC(=O)c1nc(Cl)c(N)nc1N. The van der Waals surface area contributed by atoms with Gasteiger partial charge in [0.1, 0.15) is 0 Å². The standard InChI is InChI=1S/C20H28ClN9O2.2ClH/c21-16-18(24)29-17(23)15(28-16)19(32)30-20(25)27-10-2-1-4-12-6-8-13(9-7-12)26-11-3-5-14(22)31;;/h6-9,26H,1-5,10-11H2,(H2,22,31)(H4,23,24,29)(H3,25,27,30,32);2*1H. The molecule has 0 radical (unpaired) electrons. The van der Waals surface area contributed by atoms with Crippen molar-refractivity contribution >= 4 is 71.5 Å². The molecule has 0 unspecified atom stereocenters. The van der Waals surface area contributed by atoms with E-state index in [1.807, 2.05) is 12.1 Å². The van der Waals surface area contributed by atoms with Crippen LogP contribution < -0.4 is 33.2 Å². The van der Waals surface area contributed by atoms with Crippen LogP contribution in [0.1, 0.15) is 41.7 Å². The number of benzene rings is 1. The van der Waals surface area contributed by atoms with E-state index in [-0.39, 0.29) is 59.2 Å². The number of carbonyl (C=O) groups excluding carboxylic acids is 2. The maximum Gasteiger partial charge on any atom is 0.280 e. The van der Waals surface area contributed by atoms with Crippen molar-refractivity contribution < 1.29 is 9.59 Å². The number of nitrogens with one attached hydrogen (secondary N) is 4. The number of guanidine groups is 1. The van der Waals surface area contributed by atoms with Gasteiger partial charge >= 0.3 is 0 Å². The number of hydrogen-bond donors (Lipinski definition) is 7. The Morgan fingerprint density at radius 2 is 1.65 bits per heavy atom. The minimum Gasteiger partial charge on any atom is -0.385 e. The minimum absolute atomic E-state index is 0. The normalized spacial score (nSPS) is 9.79. The molecule has 1 aromatic carbocycles. The molecule has 0 bridgehead atoms. The van der Waals surface area contributed by atoms with E-state index >= 15 is 0 Å². The second kappa shape index (κ2) is 15.8. The number of carbonyl (C=O) groups is 2. The third kappa shape index (κ3) is 10.7. The third-order valence-corrected chi connectivity index (χ3v) is 4.71. The minimum atomic E-state index is -0.697. The van der Waals surface area contributed by atoms with Crippen LogP contribution in [0.4, 0.5) is 17.3 Å². The Balaban J connectivity index is 0.00000544. The average Bonchev–Trinajstić information content (AvgIpc) is 2.74. The van der Waals surface area contributed by atoms with Crippen molar-refractivity contribution in [3.8, 4) is 0 Å². The summed E-state index contributed by atoms with van der Waals surface area (Å²) in [4.78, 5) is 30.4. The number of amides is 2. The fraction of sp³-hybridized carbons (Fsp3) is 0.350. The van der Waals surface area contributed by atoms with Gasteiger partial charge in [-0.3, -0.25) is 20.3 Å². The summed E-state index contributed by atoms with van der Waals surface area (Å²) in [6, 6.07) is 8.10. The molecule has 0 atom stereocenters. The summed E-state index contributed by atoms with van der Waals surface area (Å²) >= 11 is 5.76. The van der Waals surface area contributed by atoms with Crippen LogP contribution in [0.3, 0.4) is 0 Å². The highest BCUT2D eigenvalue weighted by Crippen LogP contribution is 2.17. The van der Waals surface area contributed by atoms with Gasteiger partial charge in [0, 0.05) is 25.2 Å². The van der Waals surface area contributed by atoms with Crippen molar-refractivity contribution in [1.82, 2.24) is 20.6 Å². The van der Waals surface area contributed by atoms with Crippen LogP contribution in [0.2, 0.25) is 5.15 Å². The van der Waals surface area contributed by atoms with Gasteiger partial charge in [0.25, 0.3) is 5.91 Å². The van der Waals surface area contributed by atoms with Crippen LogP contribution in [0.25, 0.3) is 0 Å². The number of nitrogens with zero attached hydrogens (tertiary/aromatic N) is 2. The van der Waals surface area contributed by atoms with E-state index in [9.17, 15) is 9.59 Å². The zero-order valence-electron chi connectivity index (χ0n) is 18.4. The molecule has 34 heavy (non-hydrogen) atoms. The largest absolute Gasteiger partial charge is 0.385 e. The molecule has 188 valence electrons. The van der Waals surface area contributed by atoms with Crippen molar-refractivity contribution in [3.05, 3.63) is 40.7 Å². The summed E-state index contributed by atoms with van der Waals surface area (Å²) in [5, 5.41) is 16.1. The summed E-state index contributed by atoms with van der Waals surface area (Å²) in [5.74, 6) is -1.39. The molecule has 1 aromatic heterocycles. The predicted octanol–water partition coefficient (Wildman–Crippen LogP) is 2.09. The second-order valence-electron chi connectivity index (χ2n) is 7.04. The van der Waals surface area contributed by atoms with Crippen LogP contribution in [-0.2, 0) is 11.2 Å². The van der Waals surface area contributed by atoms with E-state index < -0.39 is 5.91 Å². The fourth-order valence-electron chi connectivity index (χ4n) is 2.78. The van der Waals surface area contributed by atoms with Crippen molar-refractivity contribution in [3.63, 3.8) is 0 Å². The predicted molar refractivity (Wildman–Crippen MR) is 140 cm³/mol. The highest BCUT2D eigenvalue weighted by atomic mass is 35.5. The first-order valence-electron chi connectivity index (χ1n) is 10.1. The van der Waals surface area contributed by atoms with E-state index in [1.54, 1.807) is 0 Å². The highest BCUT2D eigenvalue weighted by molar-refractivity contribution is 6.31. The molecule has 2 rings (SSSR count). The Morgan fingerprint density at radius 3 is 2.29 bits per heavy atom. The lowest BCUT2D eigenvalue weighted by atomic mass is 10.1. The molecule has 1 heterocycles. The number of aromatic nitrogens is 2. The molecular formula is C20H30Cl3N9O2. The number of anilines is 3. The third-order valence-electron chi connectivity index (χ3n) is 4.44. The molecule has 0 fully saturated rings. The first-order chi connectivity index (χ1) is 15.3. The van der Waals surface area contributed by atoms with E-state index in [2.05, 4.69) is 38.1 Å². The number of rotatable bonds is 11. The van der Waals surface area contributed by atoms with Gasteiger partial charge in [0.2, 0.25) is 5.91 Å². The molecule has 14 heteroatoms. The molecule has 0 aliphatic rings. The van der Waals surface area contributed by atoms with Crippen molar-refractivity contribution in [2.24, 2.45) is 5.73 Å². The highest BCUT2D eigenvalue weighted by Gasteiger charge is 2.16. The van der Waals surface area contributed by atoms with Gasteiger partial charge in [0.05, 0.1) is 0 Å². The van der Waals surface area contributed by atoms with Gasteiger partial charge in [-0.1, -0.05) is 23.7 Å². The molecular weight excluding hydrogens is 505 g/mol. The quantitative estimate of drug-likeness (QED) is 0.129. The van der Waals surface area contributed by atoms with Gasteiger partial charge in [-0.15, -0.1) is 24.8 Å². The summed E-state index contributed by atoms with van der Waals surface area (Å²) < 4.78 is 0. The van der Waals surface area contributed by atoms with Crippen molar-refractivity contribution in [2.45, 2.75) is 32.1 Å². The zero-order valence-corrected chi connectivity index (χ0v) is 20.8. The molecule has 2 aromatic rings. The van der Waals surface area contributed by atoms with Gasteiger partial charge in [0.15, 0.2) is 28.4 Å². The Kier molecular flexibility index (Phi) is 14.4. The van der Waals surface area contributed by atoms with E-state index in [1.165, 1.54) is 5.56 Å². The number of hydrogen-bond acceptors (Lipinski definition) is 8. The molecule has 11 nitrogen and oxygen atoms in total. The van der Waals surface area contributed by atoms with Crippen LogP contribution in [0, 0.1) is 5.41 Å². The van der Waals surface area contributed by atoms with E-state index in [0.29, 0.717) is 25.9 Å². The number of primary amides is 1. The average molecular weight is 535 g/mol. The van der Waals surface area contributed by atoms with Crippen LogP contribution in [-0.4, -0.2) is 40.8 Å². The number of nitrogens with two attached hydrogens (primary N) is 3. The Labute approximate surface area is 215 Å². The van der Waals surface area contributed by atoms with Gasteiger partial charge in [-0.25, -0.2) is 9.97 Å². The number of aryl methyl sites for hydroxylation is 1. The Hall–Kier alpha value is -3.02. The molecule has 0 saturated heterocycles.